The maximum Gasteiger partial charge on any atom is 0.141 e. The third kappa shape index (κ3) is 3.42. The lowest BCUT2D eigenvalue weighted by Gasteiger charge is -2.06. The number of rotatable bonds is 2. The summed E-state index contributed by atoms with van der Waals surface area (Å²) in [7, 11) is 1.97. The maximum atomic E-state index is 4.47. The van der Waals surface area contributed by atoms with Crippen LogP contribution in [0, 0.1) is 13.8 Å². The van der Waals surface area contributed by atoms with Crippen LogP contribution in [0.25, 0.3) is 17.1 Å². The summed E-state index contributed by atoms with van der Waals surface area (Å²) in [4.78, 5) is 8.64. The second kappa shape index (κ2) is 7.02. The average Bonchev–Trinajstić information content (AvgIpc) is 3.05. The Labute approximate surface area is 131 Å². The first-order valence-electron chi connectivity index (χ1n) is 7.53. The van der Waals surface area contributed by atoms with E-state index in [9.17, 15) is 0 Å². The van der Waals surface area contributed by atoms with Gasteiger partial charge in [-0.15, -0.1) is 0 Å². The van der Waals surface area contributed by atoms with Crippen LogP contribution in [0.15, 0.2) is 36.9 Å². The molecule has 0 amide bonds. The summed E-state index contributed by atoms with van der Waals surface area (Å²) in [5.74, 6) is 0.899. The fraction of sp³-hybridized carbons (Fsp3) is 0.353. The molecule has 0 aliphatic heterocycles. The summed E-state index contributed by atoms with van der Waals surface area (Å²) >= 11 is 0. The van der Waals surface area contributed by atoms with Gasteiger partial charge in [-0.3, -0.25) is 4.98 Å². The third-order valence-electron chi connectivity index (χ3n) is 3.06. The SMILES string of the molecule is CCC.Cc1cc(C)n(-c2cncc(-c3nccn3C)c2)n1. The smallest absolute Gasteiger partial charge is 0.141 e. The molecule has 22 heavy (non-hydrogen) atoms. The van der Waals surface area contributed by atoms with Gasteiger partial charge in [-0.05, 0) is 26.0 Å². The topological polar surface area (TPSA) is 48.5 Å². The van der Waals surface area contributed by atoms with E-state index < -0.39 is 0 Å². The van der Waals surface area contributed by atoms with Crippen molar-refractivity contribution >= 4 is 0 Å². The molecule has 3 aromatic heterocycles. The number of pyridine rings is 1. The van der Waals surface area contributed by atoms with Gasteiger partial charge < -0.3 is 4.57 Å². The fourth-order valence-corrected chi connectivity index (χ4v) is 2.20. The van der Waals surface area contributed by atoms with Gasteiger partial charge in [-0.1, -0.05) is 20.3 Å². The van der Waals surface area contributed by atoms with Crippen molar-refractivity contribution < 1.29 is 0 Å². The van der Waals surface area contributed by atoms with Gasteiger partial charge >= 0.3 is 0 Å². The van der Waals surface area contributed by atoms with E-state index in [1.54, 1.807) is 6.20 Å². The minimum atomic E-state index is 0.899. The van der Waals surface area contributed by atoms with Gasteiger partial charge in [0.25, 0.3) is 0 Å². The lowest BCUT2D eigenvalue weighted by atomic mass is 10.2. The van der Waals surface area contributed by atoms with Crippen molar-refractivity contribution in [2.75, 3.05) is 0 Å². The van der Waals surface area contributed by atoms with E-state index in [0.29, 0.717) is 0 Å². The van der Waals surface area contributed by atoms with Crippen LogP contribution in [-0.4, -0.2) is 24.3 Å². The van der Waals surface area contributed by atoms with E-state index in [2.05, 4.69) is 35.0 Å². The van der Waals surface area contributed by atoms with Crippen molar-refractivity contribution in [1.29, 1.82) is 0 Å². The molecule has 0 spiro atoms. The summed E-state index contributed by atoms with van der Waals surface area (Å²) < 4.78 is 3.87. The number of hydrogen-bond acceptors (Lipinski definition) is 3. The lowest BCUT2D eigenvalue weighted by Crippen LogP contribution is -2.01. The third-order valence-corrected chi connectivity index (χ3v) is 3.06. The Morgan fingerprint density at radius 1 is 1.09 bits per heavy atom. The van der Waals surface area contributed by atoms with E-state index >= 15 is 0 Å². The molecule has 0 saturated heterocycles. The predicted octanol–water partition coefficient (Wildman–Crippen LogP) is 3.70. The quantitative estimate of drug-likeness (QED) is 0.724. The first-order chi connectivity index (χ1) is 10.6. The molecule has 0 unspecified atom stereocenters. The monoisotopic (exact) mass is 297 g/mol. The van der Waals surface area contributed by atoms with Crippen LogP contribution in [-0.2, 0) is 7.05 Å². The van der Waals surface area contributed by atoms with Gasteiger partial charge in [0.05, 0.1) is 17.6 Å². The first kappa shape index (κ1) is 15.9. The summed E-state index contributed by atoms with van der Waals surface area (Å²) in [6.07, 6.45) is 8.58. The number of imidazole rings is 1. The highest BCUT2D eigenvalue weighted by Gasteiger charge is 2.08. The Balaban J connectivity index is 0.000000545. The van der Waals surface area contributed by atoms with Crippen LogP contribution in [0.2, 0.25) is 0 Å². The van der Waals surface area contributed by atoms with Crippen molar-refractivity contribution in [3.8, 4) is 17.1 Å². The second-order valence-electron chi connectivity index (χ2n) is 5.34. The maximum absolute atomic E-state index is 4.47. The van der Waals surface area contributed by atoms with Gasteiger partial charge in [0.1, 0.15) is 5.82 Å². The van der Waals surface area contributed by atoms with E-state index in [1.165, 1.54) is 6.42 Å². The largest absolute Gasteiger partial charge is 0.334 e. The molecule has 3 aromatic rings. The summed E-state index contributed by atoms with van der Waals surface area (Å²) in [6, 6.07) is 4.10. The van der Waals surface area contributed by atoms with Crippen molar-refractivity contribution in [1.82, 2.24) is 24.3 Å². The molecular weight excluding hydrogens is 274 g/mol. The van der Waals surface area contributed by atoms with Crippen LogP contribution in [0.3, 0.4) is 0 Å². The highest BCUT2D eigenvalue weighted by atomic mass is 15.3. The number of aromatic nitrogens is 5. The number of nitrogens with zero attached hydrogens (tertiary/aromatic N) is 5. The van der Waals surface area contributed by atoms with Crippen molar-refractivity contribution in [2.24, 2.45) is 7.05 Å². The predicted molar refractivity (Wildman–Crippen MR) is 89.0 cm³/mol. The second-order valence-corrected chi connectivity index (χ2v) is 5.34. The molecule has 0 bridgehead atoms. The zero-order chi connectivity index (χ0) is 16.1. The molecular formula is C17H23N5. The van der Waals surface area contributed by atoms with Crippen molar-refractivity contribution in [3.05, 3.63) is 48.3 Å². The van der Waals surface area contributed by atoms with Crippen molar-refractivity contribution in [3.63, 3.8) is 0 Å². The minimum Gasteiger partial charge on any atom is -0.334 e. The normalized spacial score (nSPS) is 10.2. The Morgan fingerprint density at radius 3 is 2.36 bits per heavy atom. The van der Waals surface area contributed by atoms with Gasteiger partial charge in [0.2, 0.25) is 0 Å². The van der Waals surface area contributed by atoms with Crippen LogP contribution >= 0.6 is 0 Å². The Bertz CT molecular complexity index is 739. The molecule has 0 saturated carbocycles. The van der Waals surface area contributed by atoms with Crippen LogP contribution in [0.5, 0.6) is 0 Å². The molecule has 3 rings (SSSR count). The highest BCUT2D eigenvalue weighted by molar-refractivity contribution is 5.57. The standard InChI is InChI=1S/C14H15N5.C3H8/c1-10-6-11(2)19(17-10)13-7-12(8-15-9-13)14-16-4-5-18(14)3;1-3-2/h4-9H,1-3H3;3H2,1-2H3. The Kier molecular flexibility index (Phi) is 5.09. The van der Waals surface area contributed by atoms with Crippen LogP contribution in [0.4, 0.5) is 0 Å². The molecule has 0 radical (unpaired) electrons. The number of aryl methyl sites for hydroxylation is 3. The van der Waals surface area contributed by atoms with Gasteiger partial charge in [-0.2, -0.15) is 5.10 Å². The summed E-state index contributed by atoms with van der Waals surface area (Å²) in [5, 5.41) is 4.47. The molecule has 0 fully saturated rings. The van der Waals surface area contributed by atoms with Crippen LogP contribution in [0.1, 0.15) is 31.7 Å². The molecule has 0 aliphatic rings. The summed E-state index contributed by atoms with van der Waals surface area (Å²) in [5.41, 5.74) is 4.03. The Hall–Kier alpha value is -2.43. The molecule has 5 heteroatoms. The van der Waals surface area contributed by atoms with E-state index in [0.717, 1.165) is 28.5 Å². The number of hydrogen-bond donors (Lipinski definition) is 0. The van der Waals surface area contributed by atoms with E-state index in [-0.39, 0.29) is 0 Å². The average molecular weight is 297 g/mol. The lowest BCUT2D eigenvalue weighted by molar-refractivity contribution is 0.828. The Morgan fingerprint density at radius 2 is 1.82 bits per heavy atom. The fourth-order valence-electron chi connectivity index (χ4n) is 2.20. The zero-order valence-electron chi connectivity index (χ0n) is 13.9. The van der Waals surface area contributed by atoms with Gasteiger partial charge in [-0.25, -0.2) is 9.67 Å². The highest BCUT2D eigenvalue weighted by Crippen LogP contribution is 2.19. The van der Waals surface area contributed by atoms with Gasteiger partial charge in [0, 0.05) is 36.9 Å². The minimum absolute atomic E-state index is 0.899. The molecule has 0 aliphatic carbocycles. The first-order valence-corrected chi connectivity index (χ1v) is 7.53. The molecule has 3 heterocycles. The zero-order valence-corrected chi connectivity index (χ0v) is 13.9. The molecule has 116 valence electrons. The van der Waals surface area contributed by atoms with E-state index in [1.807, 2.05) is 54.8 Å². The van der Waals surface area contributed by atoms with Gasteiger partial charge in [0.15, 0.2) is 0 Å². The van der Waals surface area contributed by atoms with Crippen LogP contribution < -0.4 is 0 Å². The van der Waals surface area contributed by atoms with E-state index in [4.69, 9.17) is 0 Å². The molecule has 5 nitrogen and oxygen atoms in total. The molecule has 0 atom stereocenters. The van der Waals surface area contributed by atoms with Crippen molar-refractivity contribution in [2.45, 2.75) is 34.1 Å². The molecule has 0 aromatic carbocycles. The molecule has 0 N–H and O–H groups in total. The summed E-state index contributed by atoms with van der Waals surface area (Å²) in [6.45, 7) is 8.27.